The summed E-state index contributed by atoms with van der Waals surface area (Å²) in [6.07, 6.45) is 6.15. The number of nitrogens with one attached hydrogen (secondary N) is 1. The fourth-order valence-electron chi connectivity index (χ4n) is 2.09. The largest absolute Gasteiger partial charge is 0.395 e. The molecule has 0 aromatic carbocycles. The van der Waals surface area contributed by atoms with Crippen LogP contribution in [0.15, 0.2) is 0 Å². The van der Waals surface area contributed by atoms with Gasteiger partial charge in [-0.15, -0.1) is 0 Å². The Morgan fingerprint density at radius 3 is 2.56 bits per heavy atom. The van der Waals surface area contributed by atoms with Gasteiger partial charge in [0.1, 0.15) is 0 Å². The van der Waals surface area contributed by atoms with Gasteiger partial charge in [0.15, 0.2) is 0 Å². The van der Waals surface area contributed by atoms with E-state index in [1.165, 1.54) is 32.1 Å². The average Bonchev–Trinajstić information content (AvgIpc) is 2.95. The third-order valence-electron chi connectivity index (χ3n) is 3.61. The van der Waals surface area contributed by atoms with E-state index in [9.17, 15) is 4.79 Å². The molecule has 2 aliphatic rings. The summed E-state index contributed by atoms with van der Waals surface area (Å²) >= 11 is 0. The zero-order chi connectivity index (χ0) is 11.4. The number of rotatable bonds is 7. The zero-order valence-electron chi connectivity index (χ0n) is 9.82. The van der Waals surface area contributed by atoms with Gasteiger partial charge in [-0.1, -0.05) is 6.42 Å². The van der Waals surface area contributed by atoms with Gasteiger partial charge in [-0.05, 0) is 31.6 Å². The third kappa shape index (κ3) is 3.46. The molecule has 4 nitrogen and oxygen atoms in total. The molecule has 1 amide bonds. The first-order valence-electron chi connectivity index (χ1n) is 6.41. The van der Waals surface area contributed by atoms with Crippen molar-refractivity contribution >= 4 is 5.91 Å². The van der Waals surface area contributed by atoms with Crippen LogP contribution in [-0.2, 0) is 4.79 Å². The zero-order valence-corrected chi connectivity index (χ0v) is 9.82. The van der Waals surface area contributed by atoms with Gasteiger partial charge in [0.25, 0.3) is 0 Å². The maximum absolute atomic E-state index is 11.7. The van der Waals surface area contributed by atoms with Crippen LogP contribution in [0.3, 0.4) is 0 Å². The molecule has 0 aliphatic heterocycles. The van der Waals surface area contributed by atoms with E-state index < -0.39 is 0 Å². The molecule has 0 aromatic heterocycles. The topological polar surface area (TPSA) is 52.6 Å². The molecule has 4 heteroatoms. The molecule has 92 valence electrons. The average molecular weight is 226 g/mol. The molecule has 16 heavy (non-hydrogen) atoms. The predicted molar refractivity (Wildman–Crippen MR) is 62.0 cm³/mol. The highest BCUT2D eigenvalue weighted by Crippen LogP contribution is 2.27. The minimum absolute atomic E-state index is 0.118. The van der Waals surface area contributed by atoms with Crippen LogP contribution in [-0.4, -0.2) is 48.2 Å². The van der Waals surface area contributed by atoms with Crippen LogP contribution in [0, 0.1) is 5.92 Å². The van der Waals surface area contributed by atoms with Gasteiger partial charge in [0, 0.05) is 19.1 Å². The van der Waals surface area contributed by atoms with Crippen LogP contribution < -0.4 is 5.32 Å². The number of aliphatic hydroxyl groups excluding tert-OH is 1. The van der Waals surface area contributed by atoms with Gasteiger partial charge in [-0.3, -0.25) is 9.69 Å². The second-order valence-corrected chi connectivity index (χ2v) is 5.03. The van der Waals surface area contributed by atoms with Crippen molar-refractivity contribution in [3.8, 4) is 0 Å². The first kappa shape index (κ1) is 11.9. The molecule has 0 aromatic rings. The molecule has 2 saturated carbocycles. The normalized spacial score (nSPS) is 20.9. The SMILES string of the molecule is O=C(CN(CCO)C1CCC1)NCC1CC1. The molecule has 2 rings (SSSR count). The van der Waals surface area contributed by atoms with Crippen LogP contribution in [0.4, 0.5) is 0 Å². The lowest BCUT2D eigenvalue weighted by Crippen LogP contribution is -2.47. The fourth-order valence-corrected chi connectivity index (χ4v) is 2.09. The second kappa shape index (κ2) is 5.64. The van der Waals surface area contributed by atoms with Crippen molar-refractivity contribution in [3.63, 3.8) is 0 Å². The summed E-state index contributed by atoms with van der Waals surface area (Å²) in [7, 11) is 0. The monoisotopic (exact) mass is 226 g/mol. The van der Waals surface area contributed by atoms with Crippen molar-refractivity contribution in [2.24, 2.45) is 5.92 Å². The molecule has 0 bridgehead atoms. The standard InChI is InChI=1S/C12H22N2O2/c15-7-6-14(11-2-1-3-11)9-12(16)13-8-10-4-5-10/h10-11,15H,1-9H2,(H,13,16). The molecular weight excluding hydrogens is 204 g/mol. The van der Waals surface area contributed by atoms with Gasteiger partial charge in [-0.25, -0.2) is 0 Å². The summed E-state index contributed by atoms with van der Waals surface area (Å²) in [4.78, 5) is 13.8. The Morgan fingerprint density at radius 1 is 1.31 bits per heavy atom. The smallest absolute Gasteiger partial charge is 0.234 e. The summed E-state index contributed by atoms with van der Waals surface area (Å²) in [6, 6.07) is 0.527. The number of hydrogen-bond acceptors (Lipinski definition) is 3. The van der Waals surface area contributed by atoms with Crippen LogP contribution in [0.1, 0.15) is 32.1 Å². The van der Waals surface area contributed by atoms with Crippen LogP contribution in [0.25, 0.3) is 0 Å². The summed E-state index contributed by atoms with van der Waals surface area (Å²) in [6.45, 7) is 2.07. The number of amides is 1. The number of hydrogen-bond donors (Lipinski definition) is 2. The van der Waals surface area contributed by atoms with E-state index >= 15 is 0 Å². The Morgan fingerprint density at radius 2 is 2.06 bits per heavy atom. The maximum atomic E-state index is 11.7. The minimum Gasteiger partial charge on any atom is -0.395 e. The predicted octanol–water partition coefficient (Wildman–Crippen LogP) is 0.359. The van der Waals surface area contributed by atoms with Gasteiger partial charge in [-0.2, -0.15) is 0 Å². The van der Waals surface area contributed by atoms with Crippen molar-refractivity contribution in [2.75, 3.05) is 26.2 Å². The lowest BCUT2D eigenvalue weighted by atomic mass is 9.91. The van der Waals surface area contributed by atoms with E-state index in [4.69, 9.17) is 5.11 Å². The number of carbonyl (C=O) groups excluding carboxylic acids is 1. The summed E-state index contributed by atoms with van der Waals surface area (Å²) < 4.78 is 0. The van der Waals surface area contributed by atoms with E-state index in [-0.39, 0.29) is 12.5 Å². The van der Waals surface area contributed by atoms with E-state index in [1.54, 1.807) is 0 Å². The Kier molecular flexibility index (Phi) is 4.18. The van der Waals surface area contributed by atoms with Gasteiger partial charge in [0.2, 0.25) is 5.91 Å². The van der Waals surface area contributed by atoms with Crippen molar-refractivity contribution in [1.29, 1.82) is 0 Å². The minimum atomic E-state index is 0.118. The Labute approximate surface area is 97.0 Å². The fraction of sp³-hybridized carbons (Fsp3) is 0.917. The molecule has 0 heterocycles. The first-order chi connectivity index (χ1) is 7.79. The van der Waals surface area contributed by atoms with E-state index in [0.717, 1.165) is 12.5 Å². The molecular formula is C12H22N2O2. The summed E-state index contributed by atoms with van der Waals surface area (Å²) in [5, 5.41) is 11.9. The maximum Gasteiger partial charge on any atom is 0.234 e. The van der Waals surface area contributed by atoms with Crippen molar-refractivity contribution < 1.29 is 9.90 Å². The number of aliphatic hydroxyl groups is 1. The molecule has 0 atom stereocenters. The first-order valence-corrected chi connectivity index (χ1v) is 6.41. The molecule has 2 N–H and O–H groups in total. The highest BCUT2D eigenvalue weighted by atomic mass is 16.3. The van der Waals surface area contributed by atoms with E-state index in [2.05, 4.69) is 10.2 Å². The molecule has 2 fully saturated rings. The van der Waals surface area contributed by atoms with E-state index in [0.29, 0.717) is 19.1 Å². The Hall–Kier alpha value is -0.610. The van der Waals surface area contributed by atoms with Crippen LogP contribution in [0.5, 0.6) is 0 Å². The van der Waals surface area contributed by atoms with Crippen molar-refractivity contribution in [2.45, 2.75) is 38.1 Å². The molecule has 0 spiro atoms. The van der Waals surface area contributed by atoms with Gasteiger partial charge < -0.3 is 10.4 Å². The van der Waals surface area contributed by atoms with Crippen molar-refractivity contribution in [3.05, 3.63) is 0 Å². The van der Waals surface area contributed by atoms with Crippen molar-refractivity contribution in [1.82, 2.24) is 10.2 Å². The molecule has 2 aliphatic carbocycles. The number of nitrogens with zero attached hydrogens (tertiary/aromatic N) is 1. The molecule has 0 radical (unpaired) electrons. The Bertz CT molecular complexity index is 237. The van der Waals surface area contributed by atoms with Crippen LogP contribution >= 0.6 is 0 Å². The Balaban J connectivity index is 1.67. The highest BCUT2D eigenvalue weighted by Gasteiger charge is 2.27. The molecule has 0 unspecified atom stereocenters. The third-order valence-corrected chi connectivity index (χ3v) is 3.61. The lowest BCUT2D eigenvalue weighted by molar-refractivity contribution is -0.123. The summed E-state index contributed by atoms with van der Waals surface area (Å²) in [5.74, 6) is 0.853. The number of carbonyl (C=O) groups is 1. The van der Waals surface area contributed by atoms with Gasteiger partial charge >= 0.3 is 0 Å². The lowest BCUT2D eigenvalue weighted by Gasteiger charge is -2.36. The quantitative estimate of drug-likeness (QED) is 0.659. The van der Waals surface area contributed by atoms with Gasteiger partial charge in [0.05, 0.1) is 13.2 Å². The second-order valence-electron chi connectivity index (χ2n) is 5.03. The van der Waals surface area contributed by atoms with E-state index in [1.807, 2.05) is 0 Å². The van der Waals surface area contributed by atoms with Crippen LogP contribution in [0.2, 0.25) is 0 Å². The molecule has 0 saturated heterocycles. The highest BCUT2D eigenvalue weighted by molar-refractivity contribution is 5.78. The summed E-state index contributed by atoms with van der Waals surface area (Å²) in [5.41, 5.74) is 0.